The molecule has 39 heavy (non-hydrogen) atoms. The van der Waals surface area contributed by atoms with Gasteiger partial charge in [0.25, 0.3) is 11.8 Å². The summed E-state index contributed by atoms with van der Waals surface area (Å²) in [4.78, 5) is 76.9. The maximum atomic E-state index is 12.7. The van der Waals surface area contributed by atoms with Crippen LogP contribution in [0.4, 0.5) is 0 Å². The van der Waals surface area contributed by atoms with Gasteiger partial charge in [-0.2, -0.15) is 0 Å². The van der Waals surface area contributed by atoms with Gasteiger partial charge >= 0.3 is 17.9 Å². The highest BCUT2D eigenvalue weighted by Crippen LogP contribution is 2.22. The van der Waals surface area contributed by atoms with Crippen LogP contribution < -0.4 is 0 Å². The standard InChI is InChI=1S/C29H47NO9/c1-28(2,3)37-25(34)16-13-9-10-14-21(27(36)38-29(4,5)6)20-22(31)15-11-7-8-12-17-26(35)39-30-23(32)18-19-24(30)33/h21H,7-20H2,1-6H3/t21-/m1/s1. The second-order valence-electron chi connectivity index (χ2n) is 12.1. The zero-order chi connectivity index (χ0) is 29.6. The van der Waals surface area contributed by atoms with E-state index in [-0.39, 0.29) is 43.4 Å². The third-order valence-corrected chi connectivity index (χ3v) is 5.85. The van der Waals surface area contributed by atoms with Crippen LogP contribution >= 0.6 is 0 Å². The molecule has 1 fully saturated rings. The number of Topliss-reactive ketones (excluding diaryl/α,β-unsaturated/α-hetero) is 1. The van der Waals surface area contributed by atoms with Crippen molar-refractivity contribution in [2.45, 2.75) is 143 Å². The van der Waals surface area contributed by atoms with Crippen LogP contribution in [0.3, 0.4) is 0 Å². The van der Waals surface area contributed by atoms with Crippen LogP contribution in [0.15, 0.2) is 0 Å². The molecule has 222 valence electrons. The van der Waals surface area contributed by atoms with Gasteiger partial charge in [-0.15, -0.1) is 5.06 Å². The number of carbonyl (C=O) groups excluding carboxylic acids is 6. The molecule has 1 saturated heterocycles. The van der Waals surface area contributed by atoms with Crippen LogP contribution in [-0.4, -0.2) is 51.8 Å². The van der Waals surface area contributed by atoms with Crippen LogP contribution in [0.5, 0.6) is 0 Å². The molecule has 0 N–H and O–H groups in total. The molecule has 0 aromatic carbocycles. The molecule has 1 rings (SSSR count). The molecule has 0 aromatic rings. The number of hydroxylamine groups is 2. The predicted molar refractivity (Wildman–Crippen MR) is 143 cm³/mol. The number of hydrogen-bond donors (Lipinski definition) is 0. The van der Waals surface area contributed by atoms with Gasteiger partial charge in [-0.3, -0.25) is 24.0 Å². The Morgan fingerprint density at radius 2 is 1.18 bits per heavy atom. The fourth-order valence-corrected chi connectivity index (χ4v) is 4.05. The third kappa shape index (κ3) is 16.0. The molecule has 0 spiro atoms. The lowest BCUT2D eigenvalue weighted by Crippen LogP contribution is -2.31. The van der Waals surface area contributed by atoms with Crippen molar-refractivity contribution in [1.82, 2.24) is 5.06 Å². The Morgan fingerprint density at radius 3 is 1.72 bits per heavy atom. The number of carbonyl (C=O) groups is 6. The van der Waals surface area contributed by atoms with Crippen LogP contribution in [0.1, 0.15) is 131 Å². The van der Waals surface area contributed by atoms with Gasteiger partial charge in [0, 0.05) is 38.5 Å². The first kappa shape index (κ1) is 34.2. The second-order valence-corrected chi connectivity index (χ2v) is 12.1. The zero-order valence-electron chi connectivity index (χ0n) is 24.6. The summed E-state index contributed by atoms with van der Waals surface area (Å²) in [5, 5.41) is 0.545. The first-order valence-corrected chi connectivity index (χ1v) is 14.1. The Labute approximate surface area is 232 Å². The maximum Gasteiger partial charge on any atom is 0.333 e. The topological polar surface area (TPSA) is 133 Å². The van der Waals surface area contributed by atoms with Gasteiger partial charge in [-0.05, 0) is 67.2 Å². The number of imide groups is 1. The van der Waals surface area contributed by atoms with E-state index in [1.54, 1.807) is 20.8 Å². The summed E-state index contributed by atoms with van der Waals surface area (Å²) < 4.78 is 10.8. The quantitative estimate of drug-likeness (QED) is 0.136. The van der Waals surface area contributed by atoms with Crippen LogP contribution in [0, 0.1) is 5.92 Å². The Bertz CT molecular complexity index is 851. The number of hydrogen-bond acceptors (Lipinski definition) is 9. The van der Waals surface area contributed by atoms with E-state index >= 15 is 0 Å². The van der Waals surface area contributed by atoms with Gasteiger partial charge in [0.15, 0.2) is 0 Å². The number of unbranched alkanes of at least 4 members (excludes halogenated alkanes) is 5. The van der Waals surface area contributed by atoms with Gasteiger partial charge in [0.05, 0.1) is 5.92 Å². The van der Waals surface area contributed by atoms with Crippen LogP contribution in [0.25, 0.3) is 0 Å². The average molecular weight is 554 g/mol. The molecule has 10 nitrogen and oxygen atoms in total. The first-order chi connectivity index (χ1) is 18.1. The normalized spacial score (nSPS) is 14.8. The molecule has 0 radical (unpaired) electrons. The first-order valence-electron chi connectivity index (χ1n) is 14.1. The Morgan fingerprint density at radius 1 is 0.692 bits per heavy atom. The summed E-state index contributed by atoms with van der Waals surface area (Å²) in [6, 6.07) is 0. The lowest BCUT2D eigenvalue weighted by atomic mass is 9.93. The summed E-state index contributed by atoms with van der Waals surface area (Å²) in [6.45, 7) is 10.9. The van der Waals surface area contributed by atoms with Crippen molar-refractivity contribution in [3.63, 3.8) is 0 Å². The summed E-state index contributed by atoms with van der Waals surface area (Å²) in [5.74, 6) is -2.78. The minimum absolute atomic E-state index is 0.00918. The Hall–Kier alpha value is -2.78. The number of esters is 2. The van der Waals surface area contributed by atoms with E-state index in [1.165, 1.54) is 0 Å². The summed E-state index contributed by atoms with van der Waals surface area (Å²) in [7, 11) is 0. The molecule has 0 aromatic heterocycles. The number of amides is 2. The number of ketones is 1. The molecule has 1 aliphatic rings. The van der Waals surface area contributed by atoms with Gasteiger partial charge in [-0.1, -0.05) is 25.7 Å². The monoisotopic (exact) mass is 553 g/mol. The van der Waals surface area contributed by atoms with E-state index in [4.69, 9.17) is 14.3 Å². The van der Waals surface area contributed by atoms with E-state index in [0.29, 0.717) is 56.4 Å². The highest BCUT2D eigenvalue weighted by Gasteiger charge is 2.32. The molecular formula is C29H47NO9. The van der Waals surface area contributed by atoms with Crippen molar-refractivity contribution >= 4 is 35.5 Å². The molecule has 1 atom stereocenters. The van der Waals surface area contributed by atoms with Crippen molar-refractivity contribution < 1.29 is 43.1 Å². The van der Waals surface area contributed by atoms with Crippen molar-refractivity contribution in [3.05, 3.63) is 0 Å². The van der Waals surface area contributed by atoms with E-state index in [9.17, 15) is 28.8 Å². The van der Waals surface area contributed by atoms with E-state index in [2.05, 4.69) is 0 Å². The molecule has 0 unspecified atom stereocenters. The largest absolute Gasteiger partial charge is 0.460 e. The van der Waals surface area contributed by atoms with Crippen molar-refractivity contribution in [1.29, 1.82) is 0 Å². The third-order valence-electron chi connectivity index (χ3n) is 5.85. The smallest absolute Gasteiger partial charge is 0.333 e. The number of nitrogens with zero attached hydrogens (tertiary/aromatic N) is 1. The summed E-state index contributed by atoms with van der Waals surface area (Å²) in [5.41, 5.74) is -1.16. The van der Waals surface area contributed by atoms with Crippen molar-refractivity contribution in [3.8, 4) is 0 Å². The summed E-state index contributed by atoms with van der Waals surface area (Å²) in [6.07, 6.45) is 6.15. The minimum atomic E-state index is -0.647. The summed E-state index contributed by atoms with van der Waals surface area (Å²) >= 11 is 0. The van der Waals surface area contributed by atoms with E-state index in [1.807, 2.05) is 20.8 Å². The Balaban J connectivity index is 2.34. The molecule has 1 aliphatic heterocycles. The number of ether oxygens (including phenoxy) is 2. The fourth-order valence-electron chi connectivity index (χ4n) is 4.05. The second kappa shape index (κ2) is 16.4. The zero-order valence-corrected chi connectivity index (χ0v) is 24.6. The van der Waals surface area contributed by atoms with E-state index in [0.717, 1.165) is 12.8 Å². The molecular weight excluding hydrogens is 506 g/mol. The fraction of sp³-hybridized carbons (Fsp3) is 0.793. The van der Waals surface area contributed by atoms with Crippen molar-refractivity contribution in [2.24, 2.45) is 5.92 Å². The number of rotatable bonds is 17. The van der Waals surface area contributed by atoms with Gasteiger partial charge in [0.1, 0.15) is 17.0 Å². The SMILES string of the molecule is CC(C)(C)OC(=O)CCCCC[C@H](CC(=O)CCCCCCC(=O)ON1C(=O)CCC1=O)C(=O)OC(C)(C)C. The maximum absolute atomic E-state index is 12.7. The predicted octanol–water partition coefficient (Wildman–Crippen LogP) is 5.14. The van der Waals surface area contributed by atoms with Crippen molar-refractivity contribution in [2.75, 3.05) is 0 Å². The molecule has 10 heteroatoms. The van der Waals surface area contributed by atoms with Gasteiger partial charge < -0.3 is 14.3 Å². The van der Waals surface area contributed by atoms with Gasteiger partial charge in [-0.25, -0.2) is 4.79 Å². The van der Waals surface area contributed by atoms with Crippen LogP contribution in [0.2, 0.25) is 0 Å². The molecule has 2 amide bonds. The Kier molecular flexibility index (Phi) is 14.4. The highest BCUT2D eigenvalue weighted by atomic mass is 16.7. The van der Waals surface area contributed by atoms with E-state index < -0.39 is 34.9 Å². The lowest BCUT2D eigenvalue weighted by molar-refractivity contribution is -0.197. The molecule has 1 heterocycles. The van der Waals surface area contributed by atoms with Crippen LogP contribution in [-0.2, 0) is 43.1 Å². The lowest BCUT2D eigenvalue weighted by Gasteiger charge is -2.24. The van der Waals surface area contributed by atoms with Gasteiger partial charge in [0.2, 0.25) is 0 Å². The average Bonchev–Trinajstić information content (AvgIpc) is 3.10. The highest BCUT2D eigenvalue weighted by molar-refractivity contribution is 6.01. The molecule has 0 aliphatic carbocycles. The molecule has 0 saturated carbocycles. The molecule has 0 bridgehead atoms. The minimum Gasteiger partial charge on any atom is -0.460 e.